The third-order valence-electron chi connectivity index (χ3n) is 4.07. The van der Waals surface area contributed by atoms with Gasteiger partial charge in [-0.25, -0.2) is 4.98 Å². The number of carbonyl (C=O) groups excluding carboxylic acids is 1. The van der Waals surface area contributed by atoms with E-state index in [1.165, 1.54) is 5.56 Å². The van der Waals surface area contributed by atoms with Crippen LogP contribution in [0.15, 0.2) is 60.8 Å². The number of nitrogens with one attached hydrogen (secondary N) is 3. The number of nitrogens with zero attached hydrogens (tertiary/aromatic N) is 3. The number of rotatable bonds is 9. The Morgan fingerprint density at radius 3 is 2.46 bits per heavy atom. The Hall–Kier alpha value is -3.48. The zero-order valence-electron chi connectivity index (χ0n) is 15.9. The second-order valence-electron chi connectivity index (χ2n) is 6.41. The van der Waals surface area contributed by atoms with Gasteiger partial charge in [0.2, 0.25) is 5.91 Å². The minimum Gasteiger partial charge on any atom is -0.367 e. The Morgan fingerprint density at radius 2 is 1.71 bits per heavy atom. The lowest BCUT2D eigenvalue weighted by atomic mass is 10.1. The van der Waals surface area contributed by atoms with Crippen LogP contribution in [0.2, 0.25) is 0 Å². The van der Waals surface area contributed by atoms with Gasteiger partial charge in [0.05, 0.1) is 0 Å². The molecule has 0 aliphatic carbocycles. The normalized spacial score (nSPS) is 10.3. The predicted molar refractivity (Wildman–Crippen MR) is 111 cm³/mol. The van der Waals surface area contributed by atoms with Crippen molar-refractivity contribution in [1.29, 1.82) is 0 Å². The summed E-state index contributed by atoms with van der Waals surface area (Å²) in [5.41, 5.74) is 2.29. The van der Waals surface area contributed by atoms with Gasteiger partial charge in [-0.3, -0.25) is 4.79 Å². The molecule has 3 N–H and O–H groups in total. The lowest BCUT2D eigenvalue weighted by Crippen LogP contribution is -2.29. The van der Waals surface area contributed by atoms with Crippen LogP contribution in [0.25, 0.3) is 0 Å². The molecule has 0 spiro atoms. The lowest BCUT2D eigenvalue weighted by Gasteiger charge is -2.08. The highest BCUT2D eigenvalue weighted by molar-refractivity contribution is 5.76. The number of amides is 1. The molecule has 3 rings (SSSR count). The smallest absolute Gasteiger partial charge is 0.220 e. The summed E-state index contributed by atoms with van der Waals surface area (Å²) in [4.78, 5) is 16.1. The largest absolute Gasteiger partial charge is 0.367 e. The summed E-state index contributed by atoms with van der Waals surface area (Å²) in [6.07, 6.45) is 2.97. The summed E-state index contributed by atoms with van der Waals surface area (Å²) in [5, 5.41) is 17.4. The fourth-order valence-corrected chi connectivity index (χ4v) is 2.61. The van der Waals surface area contributed by atoms with E-state index in [4.69, 9.17) is 0 Å². The van der Waals surface area contributed by atoms with Crippen molar-refractivity contribution in [2.24, 2.45) is 0 Å². The molecular weight excluding hydrogens is 352 g/mol. The SMILES string of the molecule is Cc1ccnc(Nc2ccc(NCCNC(=O)CCc3ccccc3)nn2)c1. The van der Waals surface area contributed by atoms with Gasteiger partial charge in [-0.15, -0.1) is 10.2 Å². The second kappa shape index (κ2) is 10.0. The average Bonchev–Trinajstić information content (AvgIpc) is 2.72. The first-order valence-corrected chi connectivity index (χ1v) is 9.27. The van der Waals surface area contributed by atoms with E-state index in [0.717, 1.165) is 17.8 Å². The maximum absolute atomic E-state index is 11.9. The van der Waals surface area contributed by atoms with Crippen LogP contribution in [-0.4, -0.2) is 34.2 Å². The van der Waals surface area contributed by atoms with E-state index in [1.54, 1.807) is 6.20 Å². The lowest BCUT2D eigenvalue weighted by molar-refractivity contribution is -0.120. The first kappa shape index (κ1) is 19.3. The van der Waals surface area contributed by atoms with Gasteiger partial charge in [0.15, 0.2) is 5.82 Å². The summed E-state index contributed by atoms with van der Waals surface area (Å²) >= 11 is 0. The summed E-state index contributed by atoms with van der Waals surface area (Å²) in [7, 11) is 0. The van der Waals surface area contributed by atoms with Crippen LogP contribution in [0.3, 0.4) is 0 Å². The molecule has 0 radical (unpaired) electrons. The van der Waals surface area contributed by atoms with Gasteiger partial charge in [0, 0.05) is 25.7 Å². The van der Waals surface area contributed by atoms with Crippen molar-refractivity contribution in [2.75, 3.05) is 23.7 Å². The second-order valence-corrected chi connectivity index (χ2v) is 6.41. The molecule has 0 aliphatic rings. The fourth-order valence-electron chi connectivity index (χ4n) is 2.61. The number of hydrogen-bond donors (Lipinski definition) is 3. The van der Waals surface area contributed by atoms with E-state index >= 15 is 0 Å². The van der Waals surface area contributed by atoms with Gasteiger partial charge < -0.3 is 16.0 Å². The quantitative estimate of drug-likeness (QED) is 0.497. The van der Waals surface area contributed by atoms with Crippen LogP contribution in [0.4, 0.5) is 17.5 Å². The van der Waals surface area contributed by atoms with E-state index in [-0.39, 0.29) is 5.91 Å². The van der Waals surface area contributed by atoms with Gasteiger partial charge in [-0.05, 0) is 48.7 Å². The number of pyridine rings is 1. The molecule has 1 amide bonds. The van der Waals surface area contributed by atoms with Crippen LogP contribution in [0, 0.1) is 6.92 Å². The Kier molecular flexibility index (Phi) is 6.89. The van der Waals surface area contributed by atoms with Gasteiger partial charge in [-0.1, -0.05) is 30.3 Å². The third-order valence-corrected chi connectivity index (χ3v) is 4.07. The molecule has 0 saturated heterocycles. The number of anilines is 3. The number of aromatic nitrogens is 3. The van der Waals surface area contributed by atoms with E-state index in [0.29, 0.717) is 31.1 Å². The van der Waals surface area contributed by atoms with Crippen LogP contribution in [-0.2, 0) is 11.2 Å². The maximum Gasteiger partial charge on any atom is 0.220 e. The summed E-state index contributed by atoms with van der Waals surface area (Å²) in [6.45, 7) is 3.12. The molecule has 7 heteroatoms. The highest BCUT2D eigenvalue weighted by Crippen LogP contribution is 2.13. The molecule has 7 nitrogen and oxygen atoms in total. The average molecular weight is 376 g/mol. The summed E-state index contributed by atoms with van der Waals surface area (Å²) in [5.74, 6) is 2.05. The van der Waals surface area contributed by atoms with Crippen molar-refractivity contribution in [2.45, 2.75) is 19.8 Å². The zero-order chi connectivity index (χ0) is 19.6. The van der Waals surface area contributed by atoms with Crippen molar-refractivity contribution >= 4 is 23.4 Å². The van der Waals surface area contributed by atoms with Crippen molar-refractivity contribution in [3.8, 4) is 0 Å². The third kappa shape index (κ3) is 6.35. The Labute approximate surface area is 164 Å². The molecule has 1 aromatic carbocycles. The van der Waals surface area contributed by atoms with Crippen LogP contribution in [0.1, 0.15) is 17.5 Å². The fraction of sp³-hybridized carbons (Fsp3) is 0.238. The number of hydrogen-bond acceptors (Lipinski definition) is 6. The van der Waals surface area contributed by atoms with Crippen molar-refractivity contribution in [1.82, 2.24) is 20.5 Å². The molecule has 0 fully saturated rings. The van der Waals surface area contributed by atoms with Gasteiger partial charge in [0.25, 0.3) is 0 Å². The Balaban J connectivity index is 1.35. The van der Waals surface area contributed by atoms with E-state index in [2.05, 4.69) is 31.1 Å². The standard InChI is InChI=1S/C21H24N6O/c1-16-11-12-22-20(15-16)25-19-9-8-18(26-27-19)23-13-14-24-21(28)10-7-17-5-3-2-4-6-17/h2-6,8-9,11-12,15H,7,10,13-14H2,1H3,(H,23,26)(H,24,28)(H,22,25,27). The summed E-state index contributed by atoms with van der Waals surface area (Å²) in [6, 6.07) is 17.5. The highest BCUT2D eigenvalue weighted by atomic mass is 16.1. The first-order valence-electron chi connectivity index (χ1n) is 9.27. The minimum absolute atomic E-state index is 0.0435. The zero-order valence-corrected chi connectivity index (χ0v) is 15.9. The van der Waals surface area contributed by atoms with E-state index in [9.17, 15) is 4.79 Å². The Morgan fingerprint density at radius 1 is 0.929 bits per heavy atom. The molecule has 3 aromatic rings. The van der Waals surface area contributed by atoms with E-state index in [1.807, 2.05) is 61.5 Å². The molecule has 0 atom stereocenters. The highest BCUT2D eigenvalue weighted by Gasteiger charge is 2.03. The van der Waals surface area contributed by atoms with Crippen LogP contribution < -0.4 is 16.0 Å². The number of benzene rings is 1. The van der Waals surface area contributed by atoms with E-state index < -0.39 is 0 Å². The predicted octanol–water partition coefficient (Wildman–Crippen LogP) is 3.08. The first-order chi connectivity index (χ1) is 13.7. The number of carbonyl (C=O) groups is 1. The maximum atomic E-state index is 11.9. The molecule has 2 aromatic heterocycles. The van der Waals surface area contributed by atoms with Crippen molar-refractivity contribution in [3.63, 3.8) is 0 Å². The molecule has 0 saturated carbocycles. The molecular formula is C21H24N6O. The molecule has 0 unspecified atom stereocenters. The molecule has 0 aliphatic heterocycles. The van der Waals surface area contributed by atoms with Crippen molar-refractivity contribution in [3.05, 3.63) is 71.9 Å². The number of aryl methyl sites for hydroxylation is 2. The minimum atomic E-state index is 0.0435. The monoisotopic (exact) mass is 376 g/mol. The Bertz CT molecular complexity index is 883. The van der Waals surface area contributed by atoms with Gasteiger partial charge in [0.1, 0.15) is 11.6 Å². The molecule has 28 heavy (non-hydrogen) atoms. The van der Waals surface area contributed by atoms with Crippen LogP contribution in [0.5, 0.6) is 0 Å². The van der Waals surface area contributed by atoms with Gasteiger partial charge in [-0.2, -0.15) is 0 Å². The molecule has 2 heterocycles. The molecule has 144 valence electrons. The van der Waals surface area contributed by atoms with Crippen molar-refractivity contribution < 1.29 is 4.79 Å². The van der Waals surface area contributed by atoms with Gasteiger partial charge >= 0.3 is 0 Å². The van der Waals surface area contributed by atoms with Crippen LogP contribution >= 0.6 is 0 Å². The molecule has 0 bridgehead atoms. The topological polar surface area (TPSA) is 91.8 Å². The summed E-state index contributed by atoms with van der Waals surface area (Å²) < 4.78 is 0.